The molecule has 0 unspecified atom stereocenters. The van der Waals surface area contributed by atoms with Crippen LogP contribution in [0.2, 0.25) is 0 Å². The average Bonchev–Trinajstić information content (AvgIpc) is 3.30. The van der Waals surface area contributed by atoms with Crippen LogP contribution in [0.25, 0.3) is 0 Å². The van der Waals surface area contributed by atoms with E-state index < -0.39 is 10.2 Å². The predicted octanol–water partition coefficient (Wildman–Crippen LogP) is 1.18. The van der Waals surface area contributed by atoms with Gasteiger partial charge in [0, 0.05) is 25.2 Å². The van der Waals surface area contributed by atoms with Crippen LogP contribution < -0.4 is 10.0 Å². The molecule has 0 spiro atoms. The Kier molecular flexibility index (Phi) is 5.48. The largest absolute Gasteiger partial charge is 0.314 e. The molecule has 0 bridgehead atoms. The zero-order valence-corrected chi connectivity index (χ0v) is 14.2. The molecule has 1 saturated carbocycles. The van der Waals surface area contributed by atoms with E-state index in [0.29, 0.717) is 19.0 Å². The first kappa shape index (κ1) is 16.1. The van der Waals surface area contributed by atoms with Crippen LogP contribution in [-0.4, -0.2) is 55.9 Å². The highest BCUT2D eigenvalue weighted by atomic mass is 32.2. The molecule has 0 radical (unpaired) electrons. The van der Waals surface area contributed by atoms with Gasteiger partial charge in [0.2, 0.25) is 0 Å². The van der Waals surface area contributed by atoms with Crippen molar-refractivity contribution in [2.24, 2.45) is 5.92 Å². The Morgan fingerprint density at radius 1 is 0.952 bits per heavy atom. The third-order valence-corrected chi connectivity index (χ3v) is 7.45. The number of rotatable bonds is 6. The Labute approximate surface area is 132 Å². The molecular weight excluding hydrogens is 306 g/mol. The molecule has 2 aliphatic heterocycles. The van der Waals surface area contributed by atoms with E-state index in [1.807, 2.05) is 11.8 Å². The van der Waals surface area contributed by atoms with Gasteiger partial charge < -0.3 is 5.32 Å². The summed E-state index contributed by atoms with van der Waals surface area (Å²) in [5.41, 5.74) is 0. The van der Waals surface area contributed by atoms with Crippen LogP contribution in [0.3, 0.4) is 0 Å². The molecule has 0 atom stereocenters. The first-order valence-electron chi connectivity index (χ1n) is 8.22. The van der Waals surface area contributed by atoms with Crippen molar-refractivity contribution in [3.63, 3.8) is 0 Å². The lowest BCUT2D eigenvalue weighted by atomic mass is 9.98. The van der Waals surface area contributed by atoms with E-state index in [9.17, 15) is 8.42 Å². The summed E-state index contributed by atoms with van der Waals surface area (Å²) in [5, 5.41) is 3.56. The lowest BCUT2D eigenvalue weighted by molar-refractivity contribution is 0.263. The zero-order valence-electron chi connectivity index (χ0n) is 12.6. The predicted molar refractivity (Wildman–Crippen MR) is 87.7 cm³/mol. The van der Waals surface area contributed by atoms with Crippen LogP contribution in [0, 0.1) is 5.92 Å². The van der Waals surface area contributed by atoms with E-state index in [1.54, 1.807) is 4.31 Å². The molecule has 0 aromatic carbocycles. The van der Waals surface area contributed by atoms with Crippen molar-refractivity contribution in [1.82, 2.24) is 14.3 Å². The normalized spacial score (nSPS) is 27.0. The molecule has 2 N–H and O–H groups in total. The molecule has 7 heteroatoms. The molecule has 21 heavy (non-hydrogen) atoms. The third-order valence-electron chi connectivity index (χ3n) is 4.72. The summed E-state index contributed by atoms with van der Waals surface area (Å²) in [6, 6.07) is 0.892. The van der Waals surface area contributed by atoms with Gasteiger partial charge in [-0.2, -0.15) is 29.2 Å². The molecule has 3 aliphatic rings. The Morgan fingerprint density at radius 3 is 2.24 bits per heavy atom. The number of hydrogen-bond donors (Lipinski definition) is 2. The maximum absolute atomic E-state index is 12.4. The maximum Gasteiger partial charge on any atom is 0.279 e. The highest BCUT2D eigenvalue weighted by Crippen LogP contribution is 2.23. The molecule has 0 amide bonds. The van der Waals surface area contributed by atoms with E-state index >= 15 is 0 Å². The van der Waals surface area contributed by atoms with Gasteiger partial charge >= 0.3 is 0 Å². The van der Waals surface area contributed by atoms with Gasteiger partial charge in [-0.05, 0) is 62.5 Å². The summed E-state index contributed by atoms with van der Waals surface area (Å²) in [6.45, 7) is 2.41. The second-order valence-electron chi connectivity index (χ2n) is 6.53. The fraction of sp³-hybridized carbons (Fsp3) is 1.00. The van der Waals surface area contributed by atoms with Gasteiger partial charge in [0.05, 0.1) is 0 Å². The number of piperidine rings is 1. The van der Waals surface area contributed by atoms with Gasteiger partial charge in [-0.3, -0.25) is 0 Å². The molecule has 122 valence electrons. The molecule has 2 saturated heterocycles. The van der Waals surface area contributed by atoms with Crippen molar-refractivity contribution in [2.45, 2.75) is 50.6 Å². The summed E-state index contributed by atoms with van der Waals surface area (Å²) in [7, 11) is -3.27. The number of hydrogen-bond acceptors (Lipinski definition) is 4. The van der Waals surface area contributed by atoms with Crippen LogP contribution in [-0.2, 0) is 10.2 Å². The van der Waals surface area contributed by atoms with Gasteiger partial charge in [0.25, 0.3) is 10.2 Å². The molecule has 0 aromatic heterocycles. The van der Waals surface area contributed by atoms with E-state index in [0.717, 1.165) is 49.8 Å². The van der Waals surface area contributed by atoms with Crippen molar-refractivity contribution in [3.8, 4) is 0 Å². The third kappa shape index (κ3) is 4.82. The average molecular weight is 334 g/mol. The molecule has 3 rings (SSSR count). The minimum atomic E-state index is -3.27. The molecule has 0 aromatic rings. The van der Waals surface area contributed by atoms with E-state index in [4.69, 9.17) is 0 Å². The van der Waals surface area contributed by atoms with Crippen LogP contribution in [0.1, 0.15) is 38.5 Å². The molecule has 3 fully saturated rings. The lowest BCUT2D eigenvalue weighted by Gasteiger charge is -2.33. The summed E-state index contributed by atoms with van der Waals surface area (Å²) in [4.78, 5) is 0. The summed E-state index contributed by atoms with van der Waals surface area (Å²) < 4.78 is 29.4. The van der Waals surface area contributed by atoms with Crippen molar-refractivity contribution in [2.75, 3.05) is 31.1 Å². The Hall–Kier alpha value is 0.180. The number of nitrogens with zero attached hydrogens (tertiary/aromatic N) is 1. The second kappa shape index (κ2) is 7.17. The zero-order chi connectivity index (χ0) is 14.7. The first-order chi connectivity index (χ1) is 10.1. The van der Waals surface area contributed by atoms with Crippen LogP contribution in [0.4, 0.5) is 0 Å². The quantitative estimate of drug-likeness (QED) is 0.766. The second-order valence-corrected chi connectivity index (χ2v) is 9.46. The van der Waals surface area contributed by atoms with Gasteiger partial charge in [-0.15, -0.1) is 0 Å². The Balaban J connectivity index is 1.43. The molecule has 5 nitrogen and oxygen atoms in total. The van der Waals surface area contributed by atoms with Crippen molar-refractivity contribution >= 4 is 22.0 Å². The van der Waals surface area contributed by atoms with Gasteiger partial charge in [0.15, 0.2) is 0 Å². The molecule has 2 heterocycles. The fourth-order valence-corrected chi connectivity index (χ4v) is 5.68. The minimum Gasteiger partial charge on any atom is -0.314 e. The van der Waals surface area contributed by atoms with Crippen LogP contribution >= 0.6 is 11.8 Å². The lowest BCUT2D eigenvalue weighted by Crippen LogP contribution is -2.49. The van der Waals surface area contributed by atoms with Crippen LogP contribution in [0.5, 0.6) is 0 Å². The van der Waals surface area contributed by atoms with Gasteiger partial charge in [0.1, 0.15) is 0 Å². The fourth-order valence-electron chi connectivity index (χ4n) is 3.08. The van der Waals surface area contributed by atoms with Gasteiger partial charge in [-0.25, -0.2) is 0 Å². The highest BCUT2D eigenvalue weighted by Gasteiger charge is 2.31. The number of nitrogens with one attached hydrogen (secondary N) is 2. The first-order valence-corrected chi connectivity index (χ1v) is 10.8. The Bertz CT molecular complexity index is 426. The number of thioether (sulfide) groups is 1. The van der Waals surface area contributed by atoms with Gasteiger partial charge in [-0.1, -0.05) is 0 Å². The summed E-state index contributed by atoms with van der Waals surface area (Å²) >= 11 is 1.92. The van der Waals surface area contributed by atoms with E-state index in [-0.39, 0.29) is 6.04 Å². The Morgan fingerprint density at radius 2 is 1.62 bits per heavy atom. The molecular formula is C14H27N3O2S2. The highest BCUT2D eigenvalue weighted by molar-refractivity contribution is 7.99. The van der Waals surface area contributed by atoms with Crippen molar-refractivity contribution in [3.05, 3.63) is 0 Å². The van der Waals surface area contributed by atoms with Crippen molar-refractivity contribution < 1.29 is 8.42 Å². The van der Waals surface area contributed by atoms with E-state index in [2.05, 4.69) is 10.0 Å². The molecule has 1 aliphatic carbocycles. The van der Waals surface area contributed by atoms with Crippen molar-refractivity contribution in [1.29, 1.82) is 0 Å². The summed E-state index contributed by atoms with van der Waals surface area (Å²) in [6.07, 6.45) is 6.53. The summed E-state index contributed by atoms with van der Waals surface area (Å²) in [5.74, 6) is 2.78. The van der Waals surface area contributed by atoms with Crippen LogP contribution in [0.15, 0.2) is 0 Å². The topological polar surface area (TPSA) is 61.4 Å². The monoisotopic (exact) mass is 333 g/mol. The smallest absolute Gasteiger partial charge is 0.279 e. The SMILES string of the molecule is O=S(=O)(NC1CCSCC1)N1CCC(CNC2CC2)CC1. The maximum atomic E-state index is 12.4. The standard InChI is InChI=1S/C14H27N3O2S2/c18-21(19,16-14-5-9-20-10-6-14)17-7-3-12(4-8-17)11-15-13-1-2-13/h12-16H,1-11H2. The van der Waals surface area contributed by atoms with E-state index in [1.165, 1.54) is 12.8 Å². The minimum absolute atomic E-state index is 0.144.